The molecule has 5 heteroatoms. The van der Waals surface area contributed by atoms with E-state index in [1.165, 1.54) is 13.1 Å². The van der Waals surface area contributed by atoms with Crippen LogP contribution < -0.4 is 5.32 Å². The lowest BCUT2D eigenvalue weighted by atomic mass is 9.93. The summed E-state index contributed by atoms with van der Waals surface area (Å²) in [5.74, 6) is 0. The summed E-state index contributed by atoms with van der Waals surface area (Å²) in [6.45, 7) is 9.02. The van der Waals surface area contributed by atoms with Gasteiger partial charge in [0.15, 0.2) is 0 Å². The van der Waals surface area contributed by atoms with Gasteiger partial charge in [-0.2, -0.15) is 0 Å². The summed E-state index contributed by atoms with van der Waals surface area (Å²) in [6.07, 6.45) is 1.12. The van der Waals surface area contributed by atoms with E-state index in [1.54, 1.807) is 0 Å². The lowest BCUT2D eigenvalue weighted by molar-refractivity contribution is -0.00362. The fourth-order valence-corrected chi connectivity index (χ4v) is 3.91. The van der Waals surface area contributed by atoms with Gasteiger partial charge in [0.05, 0.1) is 16.1 Å². The van der Waals surface area contributed by atoms with Crippen LogP contribution in [0.1, 0.15) is 24.9 Å². The first-order valence-electron chi connectivity index (χ1n) is 7.84. The van der Waals surface area contributed by atoms with E-state index >= 15 is 0 Å². The topological polar surface area (TPSA) is 18.5 Å². The molecule has 4 rings (SSSR count). The van der Waals surface area contributed by atoms with Crippen molar-refractivity contribution in [2.45, 2.75) is 25.4 Å². The second kappa shape index (κ2) is 6.84. The van der Waals surface area contributed by atoms with Gasteiger partial charge in [0, 0.05) is 38.8 Å². The molecule has 116 valence electrons. The predicted molar refractivity (Wildman–Crippen MR) is 89.3 cm³/mol. The first-order valence-corrected chi connectivity index (χ1v) is 8.60. The van der Waals surface area contributed by atoms with E-state index in [2.05, 4.69) is 28.1 Å². The number of hydrogen-bond donors (Lipinski definition) is 1. The minimum Gasteiger partial charge on any atom is -0.309 e. The molecule has 0 radical (unpaired) electrons. The second-order valence-corrected chi connectivity index (χ2v) is 6.76. The van der Waals surface area contributed by atoms with Crippen molar-refractivity contribution in [3.63, 3.8) is 0 Å². The molecule has 2 bridgehead atoms. The maximum Gasteiger partial charge on any atom is 0.0640 e. The molecule has 3 heterocycles. The molecular weight excluding hydrogens is 305 g/mol. The third-order valence-corrected chi connectivity index (χ3v) is 5.47. The zero-order valence-corrected chi connectivity index (χ0v) is 14.0. The monoisotopic (exact) mass is 327 g/mol. The van der Waals surface area contributed by atoms with Gasteiger partial charge in [-0.05, 0) is 24.6 Å². The highest BCUT2D eigenvalue weighted by atomic mass is 35.5. The minimum atomic E-state index is 0.249. The molecule has 0 aromatic heterocycles. The van der Waals surface area contributed by atoms with Crippen molar-refractivity contribution in [1.29, 1.82) is 0 Å². The Morgan fingerprint density at radius 1 is 1.24 bits per heavy atom. The average Bonchev–Trinajstić information content (AvgIpc) is 2.53. The Kier molecular flexibility index (Phi) is 5.07. The fraction of sp³-hybridized carbons (Fsp3) is 0.625. The van der Waals surface area contributed by atoms with Gasteiger partial charge in [-0.1, -0.05) is 42.3 Å². The van der Waals surface area contributed by atoms with Gasteiger partial charge < -0.3 is 5.32 Å². The van der Waals surface area contributed by atoms with Gasteiger partial charge in [0.25, 0.3) is 0 Å². The van der Waals surface area contributed by atoms with E-state index < -0.39 is 0 Å². The highest BCUT2D eigenvalue weighted by molar-refractivity contribution is 6.42. The Balaban J connectivity index is 1.88. The number of benzene rings is 1. The molecule has 1 aromatic rings. The molecule has 3 fully saturated rings. The summed E-state index contributed by atoms with van der Waals surface area (Å²) >= 11 is 12.7. The van der Waals surface area contributed by atoms with E-state index in [9.17, 15) is 0 Å². The van der Waals surface area contributed by atoms with Crippen LogP contribution in [-0.2, 0) is 0 Å². The summed E-state index contributed by atoms with van der Waals surface area (Å²) in [5.41, 5.74) is 1.14. The van der Waals surface area contributed by atoms with Crippen LogP contribution in [0.25, 0.3) is 0 Å². The van der Waals surface area contributed by atoms with Crippen LogP contribution in [0.2, 0.25) is 10.0 Å². The van der Waals surface area contributed by atoms with E-state index in [0.29, 0.717) is 16.1 Å². The van der Waals surface area contributed by atoms with Crippen molar-refractivity contribution < 1.29 is 0 Å². The molecule has 3 aliphatic heterocycles. The van der Waals surface area contributed by atoms with Crippen LogP contribution in [0.15, 0.2) is 18.2 Å². The second-order valence-electron chi connectivity index (χ2n) is 5.98. The van der Waals surface area contributed by atoms with Crippen LogP contribution in [0.4, 0.5) is 0 Å². The van der Waals surface area contributed by atoms with Crippen molar-refractivity contribution in [2.24, 2.45) is 0 Å². The Bertz CT molecular complexity index is 486. The maximum absolute atomic E-state index is 6.48. The molecule has 3 nitrogen and oxygen atoms in total. The molecule has 0 aliphatic carbocycles. The van der Waals surface area contributed by atoms with Crippen LogP contribution in [-0.4, -0.2) is 55.1 Å². The fourth-order valence-electron chi connectivity index (χ4n) is 3.49. The Labute approximate surface area is 137 Å². The van der Waals surface area contributed by atoms with E-state index in [-0.39, 0.29) is 6.04 Å². The first-order chi connectivity index (χ1) is 10.2. The molecule has 21 heavy (non-hydrogen) atoms. The minimum absolute atomic E-state index is 0.249. The molecule has 3 aliphatic rings. The highest BCUT2D eigenvalue weighted by Gasteiger charge is 2.37. The van der Waals surface area contributed by atoms with Gasteiger partial charge in [-0.25, -0.2) is 0 Å². The number of fused-ring (bicyclic) bond motifs is 3. The molecule has 2 unspecified atom stereocenters. The van der Waals surface area contributed by atoms with Crippen LogP contribution in [0, 0.1) is 0 Å². The molecule has 0 spiro atoms. The van der Waals surface area contributed by atoms with Crippen LogP contribution >= 0.6 is 23.2 Å². The molecule has 0 saturated carbocycles. The summed E-state index contributed by atoms with van der Waals surface area (Å²) in [4.78, 5) is 5.16. The summed E-state index contributed by atoms with van der Waals surface area (Å²) in [7, 11) is 0. The lowest BCUT2D eigenvalue weighted by Gasteiger charge is -2.50. The van der Waals surface area contributed by atoms with E-state index in [4.69, 9.17) is 23.2 Å². The summed E-state index contributed by atoms with van der Waals surface area (Å²) < 4.78 is 0. The number of halogens is 2. The van der Waals surface area contributed by atoms with Gasteiger partial charge in [0.2, 0.25) is 0 Å². The van der Waals surface area contributed by atoms with Crippen LogP contribution in [0.5, 0.6) is 0 Å². The molecule has 1 aromatic carbocycles. The van der Waals surface area contributed by atoms with Crippen molar-refractivity contribution in [3.8, 4) is 0 Å². The molecular formula is C16H23Cl2N3. The largest absolute Gasteiger partial charge is 0.309 e. The van der Waals surface area contributed by atoms with Crippen molar-refractivity contribution in [2.75, 3.05) is 39.3 Å². The lowest BCUT2D eigenvalue weighted by Crippen LogP contribution is -2.64. The molecule has 1 N–H and O–H groups in total. The predicted octanol–water partition coefficient (Wildman–Crippen LogP) is 3.03. The average molecular weight is 328 g/mol. The standard InChI is InChI=1S/C16H23Cl2N3/c1-2-6-19-16(12-4-3-5-13(17)15(12)18)14-11-20-7-9-21(14)10-8-20/h3-5,14,16,19H,2,6-11H2,1H3. The highest BCUT2D eigenvalue weighted by Crippen LogP contribution is 2.34. The Morgan fingerprint density at radius 2 is 2.00 bits per heavy atom. The normalized spacial score (nSPS) is 29.6. The van der Waals surface area contributed by atoms with Gasteiger partial charge >= 0.3 is 0 Å². The van der Waals surface area contributed by atoms with E-state index in [1.807, 2.05) is 12.1 Å². The van der Waals surface area contributed by atoms with Crippen molar-refractivity contribution in [1.82, 2.24) is 15.1 Å². The molecule has 3 saturated heterocycles. The number of nitrogens with zero attached hydrogens (tertiary/aromatic N) is 2. The zero-order chi connectivity index (χ0) is 14.8. The number of rotatable bonds is 5. The smallest absolute Gasteiger partial charge is 0.0640 e. The quantitative estimate of drug-likeness (QED) is 0.896. The third-order valence-electron chi connectivity index (χ3n) is 4.64. The summed E-state index contributed by atoms with van der Waals surface area (Å²) in [6, 6.07) is 6.71. The number of hydrogen-bond acceptors (Lipinski definition) is 3. The van der Waals surface area contributed by atoms with Gasteiger partial charge in [-0.15, -0.1) is 0 Å². The number of nitrogens with one attached hydrogen (secondary N) is 1. The molecule has 2 atom stereocenters. The van der Waals surface area contributed by atoms with Crippen LogP contribution in [0.3, 0.4) is 0 Å². The van der Waals surface area contributed by atoms with Gasteiger partial charge in [-0.3, -0.25) is 9.80 Å². The van der Waals surface area contributed by atoms with Gasteiger partial charge in [0.1, 0.15) is 0 Å². The SMILES string of the molecule is CCCNC(c1cccc(Cl)c1Cl)C1CN2CCN1CC2. The van der Waals surface area contributed by atoms with Crippen molar-refractivity contribution >= 4 is 23.2 Å². The zero-order valence-electron chi connectivity index (χ0n) is 12.5. The summed E-state index contributed by atoms with van der Waals surface area (Å²) in [5, 5.41) is 5.04. The molecule has 0 amide bonds. The maximum atomic E-state index is 6.48. The Hall–Kier alpha value is -0.320. The third kappa shape index (κ3) is 3.22. The van der Waals surface area contributed by atoms with E-state index in [0.717, 1.165) is 38.2 Å². The Morgan fingerprint density at radius 3 is 2.62 bits per heavy atom. The first kappa shape index (κ1) is 15.6. The van der Waals surface area contributed by atoms with Crippen molar-refractivity contribution in [3.05, 3.63) is 33.8 Å². The number of piperazine rings is 3.